The topological polar surface area (TPSA) is 98.4 Å². The van der Waals surface area contributed by atoms with Gasteiger partial charge in [0.2, 0.25) is 50.2 Å². The van der Waals surface area contributed by atoms with Gasteiger partial charge in [-0.3, -0.25) is 0 Å². The van der Waals surface area contributed by atoms with E-state index in [1.807, 2.05) is 24.3 Å². The summed E-state index contributed by atoms with van der Waals surface area (Å²) in [7, 11) is 0. The predicted octanol–water partition coefficient (Wildman–Crippen LogP) is 16.3. The second-order valence-electron chi connectivity index (χ2n) is 19.3. The lowest BCUT2D eigenvalue weighted by Crippen LogP contribution is -2.33. The van der Waals surface area contributed by atoms with Crippen LogP contribution in [-0.4, -0.2) is 15.0 Å². The molecule has 0 saturated carbocycles. The van der Waals surface area contributed by atoms with Gasteiger partial charge in [0.05, 0.1) is 0 Å². The molecule has 14 rings (SSSR count). The zero-order chi connectivity index (χ0) is 51.2. The van der Waals surface area contributed by atoms with Gasteiger partial charge >= 0.3 is 0 Å². The minimum atomic E-state index is 0. The molecule has 0 radical (unpaired) electrons. The Morgan fingerprint density at radius 1 is 0.237 bits per heavy atom. The van der Waals surface area contributed by atoms with Crippen LogP contribution >= 0.6 is 0 Å². The molecule has 0 amide bonds. The minimum Gasteiger partial charge on any atom is -0.358 e. The van der Waals surface area contributed by atoms with E-state index in [9.17, 15) is 0 Å². The summed E-state index contributed by atoms with van der Waals surface area (Å²) in [5.74, 6) is 0. The van der Waals surface area contributed by atoms with Crippen molar-refractivity contribution in [1.29, 1.82) is 0 Å². The first-order valence-corrected chi connectivity index (χ1v) is 25.7. The molecule has 0 saturated heterocycles. The molecule has 3 aromatic heterocycles. The summed E-state index contributed by atoms with van der Waals surface area (Å²) in [5, 5.41) is 14.7. The summed E-state index contributed by atoms with van der Waals surface area (Å²) in [6, 6.07) is 88.4. The van der Waals surface area contributed by atoms with Crippen LogP contribution in [0.1, 0.15) is 5.56 Å². The molecule has 3 heterocycles. The SMILES string of the molecule is Cc1ccc(Nc2ccc3nc4ccc(Nc5ccc6nc7ccc(Nc8ccc9nc%10ccc(Nc%11ccccc%11)cc%10[n+](-c%10ccccc%10)c9c8)cc7[n+](-c7ccccc7)c6c5)cc4[n+](-c4ccccc4)c3c2)cc1.[CH3-].[CH3-].[CH3-]. The van der Waals surface area contributed by atoms with Crippen molar-refractivity contribution < 1.29 is 13.7 Å². The summed E-state index contributed by atoms with van der Waals surface area (Å²) in [5.41, 5.74) is 23.3. The first-order valence-electron chi connectivity index (χ1n) is 25.7. The lowest BCUT2D eigenvalue weighted by Gasteiger charge is -2.12. The molecule has 10 nitrogen and oxygen atoms in total. The molecule has 10 heteroatoms. The number of rotatable bonds is 11. The van der Waals surface area contributed by atoms with Crippen LogP contribution in [0.2, 0.25) is 0 Å². The highest BCUT2D eigenvalue weighted by Gasteiger charge is 2.25. The van der Waals surface area contributed by atoms with Crippen molar-refractivity contribution in [2.24, 2.45) is 0 Å². The Kier molecular flexibility index (Phi) is 14.0. The molecule has 4 N–H and O–H groups in total. The zero-order valence-corrected chi connectivity index (χ0v) is 44.9. The Hall–Kier alpha value is -10.6. The van der Waals surface area contributed by atoms with Crippen molar-refractivity contribution in [3.63, 3.8) is 0 Å². The van der Waals surface area contributed by atoms with Gasteiger partial charge in [0, 0.05) is 118 Å². The number of para-hydroxylation sites is 4. The number of aromatic nitrogens is 6. The lowest BCUT2D eigenvalue weighted by atomic mass is 10.1. The first kappa shape index (κ1) is 51.5. The summed E-state index contributed by atoms with van der Waals surface area (Å²) < 4.78 is 6.90. The van der Waals surface area contributed by atoms with Crippen LogP contribution in [0.3, 0.4) is 0 Å². The third-order valence-corrected chi connectivity index (χ3v) is 14.0. The van der Waals surface area contributed by atoms with Crippen LogP contribution in [-0.2, 0) is 0 Å². The molecule has 0 spiro atoms. The maximum absolute atomic E-state index is 5.25. The van der Waals surface area contributed by atoms with Crippen LogP contribution in [0.5, 0.6) is 0 Å². The Labute approximate surface area is 466 Å². The summed E-state index contributed by atoms with van der Waals surface area (Å²) in [6.07, 6.45) is 0. The Bertz CT molecular complexity index is 4560. The van der Waals surface area contributed by atoms with Gasteiger partial charge in [0.1, 0.15) is 33.1 Å². The fourth-order valence-electron chi connectivity index (χ4n) is 10.4. The van der Waals surface area contributed by atoms with Gasteiger partial charge < -0.3 is 43.5 Å². The highest BCUT2D eigenvalue weighted by atomic mass is 15.0. The van der Waals surface area contributed by atoms with Gasteiger partial charge in [-0.15, -0.1) is 13.7 Å². The largest absolute Gasteiger partial charge is 0.358 e. The van der Waals surface area contributed by atoms with E-state index in [1.54, 1.807) is 0 Å². The van der Waals surface area contributed by atoms with E-state index >= 15 is 0 Å². The smallest absolute Gasteiger partial charge is 0.239 e. The molecular weight excluding hydrogens is 981 g/mol. The van der Waals surface area contributed by atoms with Crippen molar-refractivity contribution in [2.45, 2.75) is 6.92 Å². The highest BCUT2D eigenvalue weighted by Crippen LogP contribution is 2.31. The van der Waals surface area contributed by atoms with Gasteiger partial charge in [0.25, 0.3) is 0 Å². The van der Waals surface area contributed by atoms with Crippen LogP contribution in [0.15, 0.2) is 255 Å². The van der Waals surface area contributed by atoms with E-state index in [0.717, 1.165) is 129 Å². The van der Waals surface area contributed by atoms with E-state index in [4.69, 9.17) is 15.0 Å². The van der Waals surface area contributed by atoms with E-state index in [2.05, 4.69) is 272 Å². The second-order valence-corrected chi connectivity index (χ2v) is 19.3. The molecule has 0 bridgehead atoms. The molecule has 0 atom stereocenters. The zero-order valence-electron chi connectivity index (χ0n) is 44.9. The average Bonchev–Trinajstić information content (AvgIpc) is 3.52. The highest BCUT2D eigenvalue weighted by molar-refractivity contribution is 5.91. The quantitative estimate of drug-likeness (QED) is 0.0582. The molecule has 0 fully saturated rings. The number of fused-ring (bicyclic) bond motifs is 6. The van der Waals surface area contributed by atoms with E-state index in [1.165, 1.54) is 5.56 Å². The molecule has 0 unspecified atom stereocenters. The number of aryl methyl sites for hydroxylation is 1. The predicted molar refractivity (Wildman–Crippen MR) is 332 cm³/mol. The number of hydrogen-bond acceptors (Lipinski definition) is 7. The van der Waals surface area contributed by atoms with Crippen molar-refractivity contribution >= 4 is 112 Å². The van der Waals surface area contributed by atoms with Crippen molar-refractivity contribution in [1.82, 2.24) is 15.0 Å². The van der Waals surface area contributed by atoms with Crippen LogP contribution in [0.4, 0.5) is 45.5 Å². The Balaban J connectivity index is 0.00000225. The number of nitrogens with one attached hydrogen (secondary N) is 4. The normalized spacial score (nSPS) is 11.0. The van der Waals surface area contributed by atoms with Crippen molar-refractivity contribution in [3.8, 4) is 17.1 Å². The summed E-state index contributed by atoms with van der Waals surface area (Å²) in [4.78, 5) is 15.6. The van der Waals surface area contributed by atoms with Gasteiger partial charge in [-0.2, -0.15) is 0 Å². The Morgan fingerprint density at radius 2 is 0.450 bits per heavy atom. The molecule has 388 valence electrons. The second kappa shape index (κ2) is 21.8. The van der Waals surface area contributed by atoms with Crippen LogP contribution < -0.4 is 35.0 Å². The third kappa shape index (κ3) is 9.89. The molecule has 14 aromatic rings. The van der Waals surface area contributed by atoms with E-state index < -0.39 is 0 Å². The number of benzene rings is 11. The minimum absolute atomic E-state index is 0. The summed E-state index contributed by atoms with van der Waals surface area (Å²) in [6.45, 7) is 2.10. The van der Waals surface area contributed by atoms with Crippen LogP contribution in [0.25, 0.3) is 83.3 Å². The third-order valence-electron chi connectivity index (χ3n) is 14.0. The van der Waals surface area contributed by atoms with Gasteiger partial charge in [-0.1, -0.05) is 90.5 Å². The number of nitrogens with zero attached hydrogens (tertiary/aromatic N) is 6. The molecular formula is C70H58N10. The fourth-order valence-corrected chi connectivity index (χ4v) is 10.4. The van der Waals surface area contributed by atoms with Crippen LogP contribution in [0, 0.1) is 29.2 Å². The van der Waals surface area contributed by atoms with Crippen molar-refractivity contribution in [3.05, 3.63) is 283 Å². The standard InChI is InChI=1S/C67H46N10.3CH3/c1-44-22-24-46(25-23-44)69-48-27-33-57-63(39-48)76(54-18-10-4-11-19-54)65-41-50(29-35-59(65)73-57)71-52-31-37-61-67(43-52)77(55-20-12-5-13-21-55)66-42-51(30-36-60(66)74-61)70-49-28-34-58-64(40-49)75(53-16-8-3-9-17-53)62-38-47(26-32-56(62)72-58)68-45-14-6-2-7-15-45;;;/h2-43H,1H3,(H,68,69,70,71);3*1H3/q;3*-1/p+3. The number of hydrogen-bond donors (Lipinski definition) is 4. The van der Waals surface area contributed by atoms with Gasteiger partial charge in [-0.25, -0.2) is 15.0 Å². The first-order chi connectivity index (χ1) is 38.0. The maximum atomic E-state index is 5.25. The summed E-state index contributed by atoms with van der Waals surface area (Å²) >= 11 is 0. The fraction of sp³-hybridized carbons (Fsp3) is 0.0143. The molecule has 0 aliphatic carbocycles. The Morgan fingerprint density at radius 3 is 0.713 bits per heavy atom. The monoisotopic (exact) mass is 1040 g/mol. The maximum Gasteiger partial charge on any atom is 0.239 e. The lowest BCUT2D eigenvalue weighted by molar-refractivity contribution is -0.538. The van der Waals surface area contributed by atoms with Gasteiger partial charge in [-0.05, 0) is 104 Å². The molecule has 80 heavy (non-hydrogen) atoms. The van der Waals surface area contributed by atoms with Gasteiger partial charge in [0.15, 0.2) is 0 Å². The van der Waals surface area contributed by atoms with E-state index in [-0.39, 0.29) is 22.3 Å². The number of anilines is 8. The van der Waals surface area contributed by atoms with E-state index in [0.29, 0.717) is 0 Å². The average molecular weight is 1040 g/mol. The molecule has 0 aliphatic rings. The molecule has 11 aromatic carbocycles. The van der Waals surface area contributed by atoms with Crippen molar-refractivity contribution in [2.75, 3.05) is 21.3 Å². The molecule has 0 aliphatic heterocycles.